The molecule has 1 radical (unpaired) electrons. The first-order valence-corrected chi connectivity index (χ1v) is 19.0. The van der Waals surface area contributed by atoms with Gasteiger partial charge >= 0.3 is 0 Å². The van der Waals surface area contributed by atoms with Gasteiger partial charge in [-0.25, -0.2) is 0 Å². The van der Waals surface area contributed by atoms with Crippen LogP contribution in [-0.4, -0.2) is 18.0 Å². The third-order valence-corrected chi connectivity index (χ3v) is 10.6. The van der Waals surface area contributed by atoms with Crippen molar-refractivity contribution >= 4 is 35.2 Å². The molecule has 3 aromatic carbocycles. The minimum absolute atomic E-state index is 0. The Balaban J connectivity index is 0.000000248. The predicted octanol–water partition coefficient (Wildman–Crippen LogP) is 10.1. The number of hydrogen-bond donors (Lipinski definition) is 0. The summed E-state index contributed by atoms with van der Waals surface area (Å²) >= 11 is 0. The number of pyridine rings is 2. The van der Waals surface area contributed by atoms with Crippen LogP contribution in [0.2, 0.25) is 19.6 Å². The van der Waals surface area contributed by atoms with Gasteiger partial charge < -0.3 is 14.4 Å². The van der Waals surface area contributed by atoms with Gasteiger partial charge in [-0.3, -0.25) is 0 Å². The maximum absolute atomic E-state index is 6.40. The quantitative estimate of drug-likeness (QED) is 0.132. The zero-order valence-corrected chi connectivity index (χ0v) is 29.6. The van der Waals surface area contributed by atoms with E-state index in [9.17, 15) is 0 Å². The smallest absolute Gasteiger partial charge is 0.120 e. The van der Waals surface area contributed by atoms with Gasteiger partial charge in [-0.15, -0.1) is 53.2 Å². The molecule has 1 fully saturated rings. The summed E-state index contributed by atoms with van der Waals surface area (Å²) in [6.07, 6.45) is 7.78. The molecule has 0 amide bonds. The predicted molar refractivity (Wildman–Crippen MR) is 182 cm³/mol. The van der Waals surface area contributed by atoms with E-state index in [0.717, 1.165) is 45.5 Å². The van der Waals surface area contributed by atoms with Gasteiger partial charge in [0.05, 0.1) is 5.58 Å². The molecule has 227 valence electrons. The van der Waals surface area contributed by atoms with Crippen molar-refractivity contribution in [2.45, 2.75) is 58.7 Å². The Bertz CT molecular complexity index is 1760. The van der Waals surface area contributed by atoms with Gasteiger partial charge in [0.15, 0.2) is 0 Å². The van der Waals surface area contributed by atoms with Crippen molar-refractivity contribution in [2.24, 2.45) is 11.8 Å². The summed E-state index contributed by atoms with van der Waals surface area (Å²) in [5.74, 6) is 2.22. The molecule has 5 heteroatoms. The Morgan fingerprint density at radius 1 is 0.773 bits per heavy atom. The van der Waals surface area contributed by atoms with E-state index in [2.05, 4.69) is 93.2 Å². The molecule has 0 saturated heterocycles. The van der Waals surface area contributed by atoms with E-state index >= 15 is 0 Å². The molecule has 7 rings (SSSR count). The Labute approximate surface area is 276 Å². The Morgan fingerprint density at radius 3 is 2.18 bits per heavy atom. The second-order valence-electron chi connectivity index (χ2n) is 13.2. The number of benzene rings is 3. The van der Waals surface area contributed by atoms with Crippen molar-refractivity contribution in [3.8, 4) is 22.5 Å². The van der Waals surface area contributed by atoms with E-state index in [1.54, 1.807) is 6.20 Å². The maximum Gasteiger partial charge on any atom is 0.120 e. The van der Waals surface area contributed by atoms with Crippen LogP contribution in [0.3, 0.4) is 0 Å². The molecular formula is C39H40IrN2OSi-2. The number of hydrogen-bond acceptors (Lipinski definition) is 3. The average molecular weight is 773 g/mol. The zero-order chi connectivity index (χ0) is 30.0. The molecule has 2 atom stereocenters. The Morgan fingerprint density at radius 2 is 1.52 bits per heavy atom. The third kappa shape index (κ3) is 6.96. The summed E-state index contributed by atoms with van der Waals surface area (Å²) in [4.78, 5) is 9.12. The van der Waals surface area contributed by atoms with Gasteiger partial charge in [-0.05, 0) is 66.1 Å². The fourth-order valence-corrected chi connectivity index (χ4v) is 8.14. The summed E-state index contributed by atoms with van der Waals surface area (Å²) in [5.41, 5.74) is 7.19. The van der Waals surface area contributed by atoms with Crippen LogP contribution in [0, 0.1) is 24.0 Å². The molecule has 0 spiro atoms. The molecule has 0 N–H and O–H groups in total. The largest absolute Gasteiger partial charge is 0.501 e. The number of furan rings is 1. The summed E-state index contributed by atoms with van der Waals surface area (Å²) in [7, 11) is -1.56. The van der Waals surface area contributed by atoms with Crippen LogP contribution in [0.4, 0.5) is 0 Å². The van der Waals surface area contributed by atoms with Crippen molar-refractivity contribution < 1.29 is 24.5 Å². The van der Waals surface area contributed by atoms with Gasteiger partial charge in [0.1, 0.15) is 5.58 Å². The first-order valence-electron chi connectivity index (χ1n) is 15.5. The number of aromatic nitrogens is 2. The van der Waals surface area contributed by atoms with Gasteiger partial charge in [-0.1, -0.05) is 86.9 Å². The van der Waals surface area contributed by atoms with Crippen LogP contribution in [-0.2, 0) is 20.1 Å². The molecule has 6 aromatic rings. The average Bonchev–Trinajstić information content (AvgIpc) is 3.41. The van der Waals surface area contributed by atoms with E-state index in [0.29, 0.717) is 5.92 Å². The topological polar surface area (TPSA) is 38.9 Å². The second kappa shape index (κ2) is 13.7. The van der Waals surface area contributed by atoms with E-state index in [4.69, 9.17) is 9.40 Å². The third-order valence-electron chi connectivity index (χ3n) is 8.60. The van der Waals surface area contributed by atoms with Crippen molar-refractivity contribution in [1.29, 1.82) is 0 Å². The first-order chi connectivity index (χ1) is 20.8. The summed E-state index contributed by atoms with van der Waals surface area (Å²) in [6, 6.07) is 35.4. The molecule has 1 aliphatic rings. The maximum atomic E-state index is 6.40. The molecule has 2 unspecified atom stereocenters. The van der Waals surface area contributed by atoms with E-state index < -0.39 is 8.07 Å². The van der Waals surface area contributed by atoms with Crippen LogP contribution in [0.5, 0.6) is 0 Å². The molecule has 44 heavy (non-hydrogen) atoms. The van der Waals surface area contributed by atoms with Crippen molar-refractivity contribution in [1.82, 2.24) is 9.97 Å². The monoisotopic (exact) mass is 773 g/mol. The molecule has 3 aromatic heterocycles. The molecule has 3 nitrogen and oxygen atoms in total. The second-order valence-corrected chi connectivity index (χ2v) is 18.3. The first kappa shape index (κ1) is 32.0. The van der Waals surface area contributed by atoms with Crippen LogP contribution >= 0.6 is 0 Å². The van der Waals surface area contributed by atoms with Gasteiger partial charge in [0.25, 0.3) is 0 Å². The van der Waals surface area contributed by atoms with Crippen molar-refractivity contribution in [3.63, 3.8) is 0 Å². The molecule has 3 heterocycles. The summed E-state index contributed by atoms with van der Waals surface area (Å²) in [6.45, 7) is 11.9. The number of rotatable bonds is 4. The standard InChI is InChI=1S/C28H32NOSi.C11H8N.Ir/c1-18-14-19(2)16-21(15-18)20-10-12-24(29-17-20)22-11-13-26(31(3,4)5)27-23-8-6-7-9-25(23)30-28(22)27;1-2-6-10(7-3-1)11-8-4-5-9-12-11;/h6-10,12-13,17-19,21H,14-16H2,1-5H3;1-6,8-9H;/q2*-1;. The molecule has 0 bridgehead atoms. The van der Waals surface area contributed by atoms with Crippen molar-refractivity contribution in [3.05, 3.63) is 115 Å². The van der Waals surface area contributed by atoms with E-state index in [1.807, 2.05) is 48.5 Å². The summed E-state index contributed by atoms with van der Waals surface area (Å²) < 4.78 is 6.40. The molecule has 0 aliphatic heterocycles. The Kier molecular flexibility index (Phi) is 9.99. The van der Waals surface area contributed by atoms with Crippen LogP contribution in [0.25, 0.3) is 44.5 Å². The normalized spacial score (nSPS) is 18.3. The van der Waals surface area contributed by atoms with Crippen LogP contribution in [0.1, 0.15) is 44.6 Å². The van der Waals surface area contributed by atoms with Crippen LogP contribution < -0.4 is 5.19 Å². The van der Waals surface area contributed by atoms with E-state index in [1.165, 1.54) is 40.8 Å². The number of para-hydroxylation sites is 1. The number of nitrogens with zero attached hydrogens (tertiary/aromatic N) is 2. The fourth-order valence-electron chi connectivity index (χ4n) is 6.64. The van der Waals surface area contributed by atoms with Gasteiger partial charge in [-0.2, -0.15) is 0 Å². The fraction of sp³-hybridized carbons (Fsp3) is 0.282. The van der Waals surface area contributed by atoms with Crippen molar-refractivity contribution in [2.75, 3.05) is 0 Å². The number of fused-ring (bicyclic) bond motifs is 3. The van der Waals surface area contributed by atoms with Crippen LogP contribution in [0.15, 0.2) is 102 Å². The minimum atomic E-state index is -1.56. The summed E-state index contributed by atoms with van der Waals surface area (Å²) in [5, 5.41) is 3.86. The van der Waals surface area contributed by atoms with Gasteiger partial charge in [0, 0.05) is 46.0 Å². The zero-order valence-electron chi connectivity index (χ0n) is 26.2. The molecule has 1 saturated carbocycles. The van der Waals surface area contributed by atoms with E-state index in [-0.39, 0.29) is 20.1 Å². The minimum Gasteiger partial charge on any atom is -0.501 e. The SMILES string of the molecule is CC1CC(C)CC(c2ccc(-c3[c-]cc([Si](C)(C)C)c4c3oc3ccccc34)nc2)C1.[Ir].[c-]1ccccc1-c1ccccn1. The molecule has 1 aliphatic carbocycles. The van der Waals surface area contributed by atoms with Gasteiger partial charge in [0.2, 0.25) is 0 Å². The molecular weight excluding hydrogens is 733 g/mol. The Hall–Kier alpha value is -3.37.